The maximum Gasteiger partial charge on any atom is 0.332 e. The minimum absolute atomic E-state index is 0.0463. The molecule has 5 nitrogen and oxygen atoms in total. The zero-order chi connectivity index (χ0) is 11.0. The number of aliphatic hydroxyl groups excluding tert-OH is 2. The van der Waals surface area contributed by atoms with Crippen molar-refractivity contribution < 1.29 is 24.9 Å². The summed E-state index contributed by atoms with van der Waals surface area (Å²) in [5.74, 6) is -0.785. The molecular formula is C9H18O5. The van der Waals surface area contributed by atoms with Crippen molar-refractivity contribution in [1.29, 1.82) is 0 Å². The predicted molar refractivity (Wildman–Crippen MR) is 49.9 cm³/mol. The molecular weight excluding hydrogens is 188 g/mol. The van der Waals surface area contributed by atoms with Crippen LogP contribution < -0.4 is 0 Å². The Labute approximate surface area is 83.3 Å². The fourth-order valence-electron chi connectivity index (χ4n) is 0.830. The van der Waals surface area contributed by atoms with Crippen molar-refractivity contribution in [2.45, 2.75) is 25.9 Å². The summed E-state index contributed by atoms with van der Waals surface area (Å²) in [4.78, 5) is 10.1. The highest BCUT2D eigenvalue weighted by Gasteiger charge is 2.21. The summed E-state index contributed by atoms with van der Waals surface area (Å²) in [6.07, 6.45) is 1.04. The highest BCUT2D eigenvalue weighted by molar-refractivity contribution is 5.72. The summed E-state index contributed by atoms with van der Waals surface area (Å²) in [7, 11) is 0. The third-order valence-electron chi connectivity index (χ3n) is 1.83. The van der Waals surface area contributed by atoms with Gasteiger partial charge >= 0.3 is 5.97 Å². The molecule has 1 rings (SSSR count). The molecule has 84 valence electrons. The number of aliphatic carboxylic acids is 1. The van der Waals surface area contributed by atoms with Crippen LogP contribution in [0.4, 0.5) is 0 Å². The average Bonchev–Trinajstić information content (AvgIpc) is 2.70. The molecule has 0 radical (unpaired) electrons. The van der Waals surface area contributed by atoms with Gasteiger partial charge in [-0.05, 0) is 12.8 Å². The molecule has 14 heavy (non-hydrogen) atoms. The van der Waals surface area contributed by atoms with E-state index in [0.29, 0.717) is 13.0 Å². The van der Waals surface area contributed by atoms with Crippen molar-refractivity contribution in [1.82, 2.24) is 0 Å². The van der Waals surface area contributed by atoms with Gasteiger partial charge in [0.15, 0.2) is 6.10 Å². The van der Waals surface area contributed by atoms with Crippen LogP contribution in [-0.2, 0) is 9.53 Å². The maximum absolute atomic E-state index is 10.1. The average molecular weight is 206 g/mol. The van der Waals surface area contributed by atoms with Crippen molar-refractivity contribution >= 4 is 5.97 Å². The van der Waals surface area contributed by atoms with Gasteiger partial charge in [0.1, 0.15) is 0 Å². The molecule has 1 fully saturated rings. The van der Waals surface area contributed by atoms with Crippen molar-refractivity contribution in [3.8, 4) is 0 Å². The van der Waals surface area contributed by atoms with Crippen LogP contribution in [0.5, 0.6) is 0 Å². The summed E-state index contributed by atoms with van der Waals surface area (Å²) in [6.45, 7) is 2.55. The van der Waals surface area contributed by atoms with E-state index in [-0.39, 0.29) is 19.1 Å². The second-order valence-electron chi connectivity index (χ2n) is 3.31. The molecule has 3 N–H and O–H groups in total. The molecule has 0 bridgehead atoms. The van der Waals surface area contributed by atoms with E-state index in [0.717, 1.165) is 6.42 Å². The van der Waals surface area contributed by atoms with Gasteiger partial charge in [-0.2, -0.15) is 0 Å². The monoisotopic (exact) mass is 206 g/mol. The van der Waals surface area contributed by atoms with Crippen LogP contribution in [0.25, 0.3) is 0 Å². The number of rotatable bonds is 3. The van der Waals surface area contributed by atoms with Gasteiger partial charge < -0.3 is 20.1 Å². The molecule has 1 heterocycles. The molecule has 0 aromatic carbocycles. The van der Waals surface area contributed by atoms with Gasteiger partial charge in [0.2, 0.25) is 0 Å². The van der Waals surface area contributed by atoms with Gasteiger partial charge in [-0.3, -0.25) is 0 Å². The summed E-state index contributed by atoms with van der Waals surface area (Å²) in [5.41, 5.74) is 0. The third-order valence-corrected chi connectivity index (χ3v) is 1.83. The molecule has 0 aromatic heterocycles. The van der Waals surface area contributed by atoms with Crippen LogP contribution in [-0.4, -0.2) is 47.2 Å². The van der Waals surface area contributed by atoms with Gasteiger partial charge in [0, 0.05) is 25.7 Å². The number of carboxylic acids is 1. The van der Waals surface area contributed by atoms with E-state index in [4.69, 9.17) is 20.1 Å². The first-order valence-corrected chi connectivity index (χ1v) is 4.68. The number of aliphatic hydroxyl groups is 2. The number of hydrogen-bond acceptors (Lipinski definition) is 4. The van der Waals surface area contributed by atoms with E-state index in [1.165, 1.54) is 0 Å². The maximum atomic E-state index is 10.1. The molecule has 0 spiro atoms. The molecule has 0 amide bonds. The molecule has 0 aromatic rings. The van der Waals surface area contributed by atoms with Gasteiger partial charge in [-0.25, -0.2) is 4.79 Å². The highest BCUT2D eigenvalue weighted by Crippen LogP contribution is 2.10. The summed E-state index contributed by atoms with van der Waals surface area (Å²) < 4.78 is 4.81. The van der Waals surface area contributed by atoms with Gasteiger partial charge in [0.05, 0.1) is 0 Å². The fourth-order valence-corrected chi connectivity index (χ4v) is 0.830. The zero-order valence-electron chi connectivity index (χ0n) is 8.35. The Morgan fingerprint density at radius 1 is 1.50 bits per heavy atom. The van der Waals surface area contributed by atoms with Gasteiger partial charge in [-0.15, -0.1) is 0 Å². The first-order chi connectivity index (χ1) is 6.61. The lowest BCUT2D eigenvalue weighted by molar-refractivity contribution is -0.147. The Kier molecular flexibility index (Phi) is 7.37. The minimum Gasteiger partial charge on any atom is -0.479 e. The highest BCUT2D eigenvalue weighted by atomic mass is 16.5. The van der Waals surface area contributed by atoms with Crippen LogP contribution in [0.15, 0.2) is 0 Å². The Hall–Kier alpha value is -0.650. The standard InChI is InChI=1S/C5H8O3.C4H10O2/c6-5(7)4-2-1-3-8-4;1-4(2-5)3-6/h4H,1-3H2,(H,6,7);4-6H,2-3H2,1H3. The molecule has 1 saturated heterocycles. The van der Waals surface area contributed by atoms with Gasteiger partial charge in [0.25, 0.3) is 0 Å². The molecule has 1 aliphatic rings. The molecule has 5 heteroatoms. The Balaban J connectivity index is 0.000000255. The largest absolute Gasteiger partial charge is 0.479 e. The molecule has 0 aliphatic carbocycles. The molecule has 1 atom stereocenters. The lowest BCUT2D eigenvalue weighted by atomic mass is 10.2. The first-order valence-electron chi connectivity index (χ1n) is 4.68. The van der Waals surface area contributed by atoms with Crippen molar-refractivity contribution in [2.75, 3.05) is 19.8 Å². The van der Waals surface area contributed by atoms with E-state index < -0.39 is 12.1 Å². The van der Waals surface area contributed by atoms with Crippen LogP contribution in [0.3, 0.4) is 0 Å². The van der Waals surface area contributed by atoms with E-state index in [1.807, 2.05) is 0 Å². The van der Waals surface area contributed by atoms with E-state index >= 15 is 0 Å². The normalized spacial score (nSPS) is 20.4. The van der Waals surface area contributed by atoms with Crippen molar-refractivity contribution in [3.63, 3.8) is 0 Å². The second-order valence-corrected chi connectivity index (χ2v) is 3.31. The second kappa shape index (κ2) is 7.73. The summed E-state index contributed by atoms with van der Waals surface area (Å²) >= 11 is 0. The minimum atomic E-state index is -0.831. The molecule has 0 saturated carbocycles. The molecule has 1 aliphatic heterocycles. The molecule has 1 unspecified atom stereocenters. The van der Waals surface area contributed by atoms with Crippen LogP contribution >= 0.6 is 0 Å². The smallest absolute Gasteiger partial charge is 0.332 e. The summed E-state index contributed by atoms with van der Waals surface area (Å²) in [6, 6.07) is 0. The first kappa shape index (κ1) is 13.4. The fraction of sp³-hybridized carbons (Fsp3) is 0.889. The quantitative estimate of drug-likeness (QED) is 0.598. The predicted octanol–water partition coefficient (Wildman–Crippen LogP) is -0.143. The summed E-state index contributed by atoms with van der Waals surface area (Å²) in [5, 5.41) is 24.6. The van der Waals surface area contributed by atoms with Crippen molar-refractivity contribution in [3.05, 3.63) is 0 Å². The van der Waals surface area contributed by atoms with Gasteiger partial charge in [-0.1, -0.05) is 6.92 Å². The SMILES string of the molecule is CC(CO)CO.O=C(O)C1CCCO1. The van der Waals surface area contributed by atoms with E-state index in [9.17, 15) is 4.79 Å². The third kappa shape index (κ3) is 5.90. The Morgan fingerprint density at radius 2 is 2.07 bits per heavy atom. The lowest BCUT2D eigenvalue weighted by Gasteiger charge is -1.98. The van der Waals surface area contributed by atoms with Crippen LogP contribution in [0.2, 0.25) is 0 Å². The number of hydrogen-bond donors (Lipinski definition) is 3. The topological polar surface area (TPSA) is 87.0 Å². The number of carboxylic acid groups (broad SMARTS) is 1. The van der Waals surface area contributed by atoms with E-state index in [1.54, 1.807) is 6.92 Å². The Bertz CT molecular complexity index is 149. The van der Waals surface area contributed by atoms with Crippen LogP contribution in [0.1, 0.15) is 19.8 Å². The van der Waals surface area contributed by atoms with Crippen LogP contribution in [0, 0.1) is 5.92 Å². The number of ether oxygens (including phenoxy) is 1. The lowest BCUT2D eigenvalue weighted by Crippen LogP contribution is -2.17. The zero-order valence-corrected chi connectivity index (χ0v) is 8.35. The number of carbonyl (C=O) groups is 1. The Morgan fingerprint density at radius 3 is 2.21 bits per heavy atom. The van der Waals surface area contributed by atoms with Crippen molar-refractivity contribution in [2.24, 2.45) is 5.92 Å². The van der Waals surface area contributed by atoms with E-state index in [2.05, 4.69) is 0 Å².